The van der Waals surface area contributed by atoms with Crippen LogP contribution in [0.4, 0.5) is 0 Å². The number of carbonyl (C=O) groups is 1. The van der Waals surface area contributed by atoms with Crippen LogP contribution in [0.3, 0.4) is 0 Å². The molecule has 0 aliphatic carbocycles. The highest BCUT2D eigenvalue weighted by Crippen LogP contribution is 2.21. The van der Waals surface area contributed by atoms with Gasteiger partial charge in [-0.3, -0.25) is 0 Å². The maximum absolute atomic E-state index is 8.89. The van der Waals surface area contributed by atoms with E-state index < -0.39 is 5.97 Å². The average molecular weight is 271 g/mol. The van der Waals surface area contributed by atoms with Gasteiger partial charge in [-0.2, -0.15) is 0 Å². The van der Waals surface area contributed by atoms with Crippen LogP contribution in [0.5, 0.6) is 0 Å². The third-order valence-corrected chi connectivity index (χ3v) is 3.95. The van der Waals surface area contributed by atoms with E-state index in [0.29, 0.717) is 0 Å². The number of hydrogen-bond donors (Lipinski definition) is 0. The number of unbranched alkanes of at least 4 members (excludes halogenated alkanes) is 3. The molecule has 114 valence electrons. The molecule has 0 unspecified atom stereocenters. The van der Waals surface area contributed by atoms with E-state index in [1.165, 1.54) is 82.0 Å². The topological polar surface area (TPSA) is 40.1 Å². The van der Waals surface area contributed by atoms with Crippen molar-refractivity contribution in [1.82, 2.24) is 0 Å². The number of quaternary nitrogens is 1. The maximum Gasteiger partial charge on any atom is 0.0786 e. The van der Waals surface area contributed by atoms with E-state index >= 15 is 0 Å². The molecule has 1 aliphatic rings. The first-order valence-electron chi connectivity index (χ1n) is 8.09. The maximum atomic E-state index is 8.89. The van der Waals surface area contributed by atoms with Crippen LogP contribution >= 0.6 is 0 Å². The number of aliphatic carboxylic acids is 1. The van der Waals surface area contributed by atoms with Crippen molar-refractivity contribution >= 4 is 5.97 Å². The minimum absolute atomic E-state index is 0.972. The van der Waals surface area contributed by atoms with E-state index in [4.69, 9.17) is 9.90 Å². The van der Waals surface area contributed by atoms with Crippen molar-refractivity contribution in [3.8, 4) is 0 Å². The van der Waals surface area contributed by atoms with Crippen LogP contribution in [0, 0.1) is 0 Å². The molecule has 0 aromatic carbocycles. The zero-order valence-electron chi connectivity index (χ0n) is 13.2. The number of nitrogens with zero attached hydrogens (tertiary/aromatic N) is 1. The lowest BCUT2D eigenvalue weighted by Gasteiger charge is -2.41. The van der Waals surface area contributed by atoms with Crippen LogP contribution in [0.2, 0.25) is 0 Å². The van der Waals surface area contributed by atoms with Crippen molar-refractivity contribution in [3.05, 3.63) is 0 Å². The van der Waals surface area contributed by atoms with E-state index in [-0.39, 0.29) is 0 Å². The van der Waals surface area contributed by atoms with Crippen molar-refractivity contribution < 1.29 is 14.4 Å². The molecule has 0 spiro atoms. The van der Waals surface area contributed by atoms with Gasteiger partial charge in [0.05, 0.1) is 26.2 Å². The molecule has 1 heterocycles. The third-order valence-electron chi connectivity index (χ3n) is 3.95. The van der Waals surface area contributed by atoms with Crippen LogP contribution in [-0.4, -0.2) is 36.6 Å². The molecule has 0 atom stereocenters. The van der Waals surface area contributed by atoms with Gasteiger partial charge in [-0.05, 0) is 45.4 Å². The van der Waals surface area contributed by atoms with E-state index in [2.05, 4.69) is 13.8 Å². The summed E-state index contributed by atoms with van der Waals surface area (Å²) in [5.41, 5.74) is 0. The Morgan fingerprint density at radius 1 is 0.947 bits per heavy atom. The molecule has 0 radical (unpaired) electrons. The first-order chi connectivity index (χ1) is 9.06. The molecule has 0 saturated carbocycles. The highest BCUT2D eigenvalue weighted by atomic mass is 16.4. The first kappa shape index (κ1) is 18.4. The summed E-state index contributed by atoms with van der Waals surface area (Å²) in [7, 11) is 0. The highest BCUT2D eigenvalue weighted by molar-refractivity contribution is 5.60. The molecule has 3 heteroatoms. The lowest BCUT2D eigenvalue weighted by molar-refractivity contribution is -0.932. The predicted octanol–water partition coefficient (Wildman–Crippen LogP) is 2.73. The monoisotopic (exact) mass is 271 g/mol. The van der Waals surface area contributed by atoms with Crippen molar-refractivity contribution in [2.24, 2.45) is 0 Å². The normalized spacial score (nSPS) is 17.4. The van der Waals surface area contributed by atoms with Crippen LogP contribution in [0.25, 0.3) is 0 Å². The van der Waals surface area contributed by atoms with Crippen molar-refractivity contribution in [2.75, 3.05) is 26.2 Å². The Labute approximate surface area is 119 Å². The van der Waals surface area contributed by atoms with Gasteiger partial charge >= 0.3 is 0 Å². The second-order valence-corrected chi connectivity index (χ2v) is 5.85. The molecule has 3 nitrogen and oxygen atoms in total. The number of likely N-dealkylation sites (tertiary alicyclic amines) is 1. The summed E-state index contributed by atoms with van der Waals surface area (Å²) in [6, 6.07) is 0. The van der Waals surface area contributed by atoms with Gasteiger partial charge in [0.15, 0.2) is 0 Å². The van der Waals surface area contributed by atoms with Crippen molar-refractivity contribution in [2.45, 2.75) is 72.1 Å². The van der Waals surface area contributed by atoms with E-state index in [1.807, 2.05) is 0 Å². The van der Waals surface area contributed by atoms with Crippen LogP contribution in [-0.2, 0) is 4.79 Å². The Morgan fingerprint density at radius 3 is 2.00 bits per heavy atom. The summed E-state index contributed by atoms with van der Waals surface area (Å²) in [4.78, 5) is 8.89. The van der Waals surface area contributed by atoms with Gasteiger partial charge < -0.3 is 14.4 Å². The molecular formula is C16H33NO2. The molecule has 0 N–H and O–H groups in total. The van der Waals surface area contributed by atoms with Crippen molar-refractivity contribution in [1.29, 1.82) is 0 Å². The van der Waals surface area contributed by atoms with Gasteiger partial charge in [-0.25, -0.2) is 0 Å². The lowest BCUT2D eigenvalue weighted by atomic mass is 10.1. The molecule has 1 aliphatic heterocycles. The van der Waals surface area contributed by atoms with Crippen LogP contribution in [0.15, 0.2) is 0 Å². The molecule has 1 rings (SSSR count). The molecular weight excluding hydrogens is 238 g/mol. The van der Waals surface area contributed by atoms with Gasteiger partial charge in [-0.15, -0.1) is 0 Å². The summed E-state index contributed by atoms with van der Waals surface area (Å²) in [6.07, 6.45) is 11.5. The molecule has 1 fully saturated rings. The number of rotatable bonds is 7. The van der Waals surface area contributed by atoms with Crippen LogP contribution in [0.1, 0.15) is 72.1 Å². The van der Waals surface area contributed by atoms with Gasteiger partial charge in [-0.1, -0.05) is 26.7 Å². The fraction of sp³-hybridized carbons (Fsp3) is 0.938. The minimum Gasteiger partial charge on any atom is -0.550 e. The van der Waals surface area contributed by atoms with Gasteiger partial charge in [0.1, 0.15) is 0 Å². The average Bonchev–Trinajstić information content (AvgIpc) is 2.36. The standard InChI is InChI=1S/C14H30N.C2H4O2/c1-3-5-6-8-12-15(11-4-2)13-9-7-10-14-15;1-2(3)4/h3-14H2,1-2H3;1H3,(H,3,4)/q+1;/p-1. The first-order valence-corrected chi connectivity index (χ1v) is 8.09. The Balaban J connectivity index is 0.000000711. The second-order valence-electron chi connectivity index (χ2n) is 5.85. The second kappa shape index (κ2) is 11.3. The fourth-order valence-electron chi connectivity index (χ4n) is 3.09. The third kappa shape index (κ3) is 9.94. The number of piperidine rings is 1. The minimum atomic E-state index is -1.08. The zero-order valence-corrected chi connectivity index (χ0v) is 13.2. The van der Waals surface area contributed by atoms with E-state index in [9.17, 15) is 0 Å². The summed E-state index contributed by atoms with van der Waals surface area (Å²) in [5.74, 6) is -1.08. The fourth-order valence-corrected chi connectivity index (χ4v) is 3.09. The Bertz CT molecular complexity index is 213. The Morgan fingerprint density at radius 2 is 1.53 bits per heavy atom. The summed E-state index contributed by atoms with van der Waals surface area (Å²) in [5, 5.41) is 8.89. The zero-order chi connectivity index (χ0) is 14.6. The van der Waals surface area contributed by atoms with Crippen molar-refractivity contribution in [3.63, 3.8) is 0 Å². The summed E-state index contributed by atoms with van der Waals surface area (Å²) >= 11 is 0. The Hall–Kier alpha value is -0.570. The molecule has 1 saturated heterocycles. The number of hydrogen-bond acceptors (Lipinski definition) is 2. The summed E-state index contributed by atoms with van der Waals surface area (Å²) < 4.78 is 1.46. The van der Waals surface area contributed by atoms with Gasteiger partial charge in [0.2, 0.25) is 0 Å². The van der Waals surface area contributed by atoms with Gasteiger partial charge in [0.25, 0.3) is 0 Å². The number of carboxylic acid groups (broad SMARTS) is 1. The lowest BCUT2D eigenvalue weighted by Crippen LogP contribution is -2.52. The Kier molecular flexibility index (Phi) is 10.9. The molecule has 0 bridgehead atoms. The number of carboxylic acids is 1. The predicted molar refractivity (Wildman–Crippen MR) is 78.7 cm³/mol. The molecule has 0 aromatic rings. The largest absolute Gasteiger partial charge is 0.550 e. The van der Waals surface area contributed by atoms with Crippen LogP contribution < -0.4 is 5.11 Å². The molecule has 0 amide bonds. The van der Waals surface area contributed by atoms with Gasteiger partial charge in [0, 0.05) is 5.97 Å². The molecule has 0 aromatic heterocycles. The smallest absolute Gasteiger partial charge is 0.0786 e. The summed E-state index contributed by atoms with van der Waals surface area (Å²) in [6.45, 7) is 11.5. The van der Waals surface area contributed by atoms with E-state index in [0.717, 1.165) is 6.92 Å². The highest BCUT2D eigenvalue weighted by Gasteiger charge is 2.27. The van der Waals surface area contributed by atoms with E-state index in [1.54, 1.807) is 0 Å². The SMILES string of the molecule is CC(=O)[O-].CCCCCC[N+]1(CCC)CCCCC1. The quantitative estimate of drug-likeness (QED) is 0.527. The number of carbonyl (C=O) groups excluding carboxylic acids is 1. The molecule has 19 heavy (non-hydrogen) atoms.